The van der Waals surface area contributed by atoms with Crippen LogP contribution < -0.4 is 10.1 Å². The van der Waals surface area contributed by atoms with E-state index in [1.165, 1.54) is 0 Å². The van der Waals surface area contributed by atoms with E-state index in [9.17, 15) is 0 Å². The van der Waals surface area contributed by atoms with Crippen molar-refractivity contribution in [1.82, 2.24) is 19.7 Å². The number of ether oxygens (including phenoxy) is 1. The summed E-state index contributed by atoms with van der Waals surface area (Å²) in [6.45, 7) is 2.96. The Bertz CT molecular complexity index is 757. The maximum absolute atomic E-state index is 6.07. The molecule has 1 heterocycles. The Morgan fingerprint density at radius 3 is 2.67 bits per heavy atom. The highest BCUT2D eigenvalue weighted by Crippen LogP contribution is 2.15. The lowest BCUT2D eigenvalue weighted by Gasteiger charge is -2.22. The van der Waals surface area contributed by atoms with Gasteiger partial charge in [-0.25, -0.2) is 0 Å². The summed E-state index contributed by atoms with van der Waals surface area (Å²) in [6.07, 6.45) is 1.91. The number of rotatable bonds is 8. The molecule has 0 unspecified atom stereocenters. The number of benzene rings is 1. The van der Waals surface area contributed by atoms with E-state index in [0.717, 1.165) is 41.1 Å². The summed E-state index contributed by atoms with van der Waals surface area (Å²) >= 11 is 6.07. The quantitative estimate of drug-likeness (QED) is 0.555. The molecule has 0 saturated heterocycles. The van der Waals surface area contributed by atoms with Crippen LogP contribution in [-0.4, -0.2) is 61.7 Å². The van der Waals surface area contributed by atoms with Crippen LogP contribution in [0.1, 0.15) is 11.3 Å². The Balaban J connectivity index is 1.90. The lowest BCUT2D eigenvalue weighted by Crippen LogP contribution is -2.38. The monoisotopic (exact) mass is 391 g/mol. The molecule has 27 heavy (non-hydrogen) atoms. The summed E-state index contributed by atoms with van der Waals surface area (Å²) in [6, 6.07) is 10.1. The van der Waals surface area contributed by atoms with Crippen molar-refractivity contribution in [1.29, 1.82) is 0 Å². The predicted octanol–water partition coefficient (Wildman–Crippen LogP) is 2.83. The van der Waals surface area contributed by atoms with E-state index < -0.39 is 0 Å². The van der Waals surface area contributed by atoms with Crippen LogP contribution in [0.3, 0.4) is 0 Å². The maximum atomic E-state index is 6.07. The number of guanidine groups is 1. The highest BCUT2D eigenvalue weighted by atomic mass is 35.5. The molecule has 0 aliphatic carbocycles. The molecule has 1 aromatic carbocycles. The largest absolute Gasteiger partial charge is 0.492 e. The molecule has 0 spiro atoms. The summed E-state index contributed by atoms with van der Waals surface area (Å²) in [5.74, 6) is 1.71. The molecule has 7 heteroatoms. The number of nitrogens with zero attached hydrogens (tertiary/aromatic N) is 4. The Labute approximate surface area is 167 Å². The van der Waals surface area contributed by atoms with Gasteiger partial charge in [0.15, 0.2) is 5.96 Å². The van der Waals surface area contributed by atoms with E-state index in [0.29, 0.717) is 13.2 Å². The van der Waals surface area contributed by atoms with Crippen molar-refractivity contribution in [2.45, 2.75) is 13.1 Å². The van der Waals surface area contributed by atoms with Crippen molar-refractivity contribution in [3.63, 3.8) is 0 Å². The minimum Gasteiger partial charge on any atom is -0.492 e. The Morgan fingerprint density at radius 1 is 1.26 bits per heavy atom. The minimum absolute atomic E-state index is 0.674. The highest BCUT2D eigenvalue weighted by Gasteiger charge is 2.10. The lowest BCUT2D eigenvalue weighted by atomic mass is 10.2. The summed E-state index contributed by atoms with van der Waals surface area (Å²) in [4.78, 5) is 8.55. The molecule has 0 amide bonds. The third-order valence-electron chi connectivity index (χ3n) is 4.20. The van der Waals surface area contributed by atoms with Gasteiger partial charge in [-0.2, -0.15) is 0 Å². The number of aliphatic imine (C=N–C) groups is 1. The molecular formula is C20H30ClN5O. The predicted molar refractivity (Wildman–Crippen MR) is 113 cm³/mol. The molecule has 0 radical (unpaired) electrons. The first-order valence-electron chi connectivity index (χ1n) is 8.98. The topological polar surface area (TPSA) is 45.0 Å². The first-order chi connectivity index (χ1) is 12.9. The van der Waals surface area contributed by atoms with Crippen molar-refractivity contribution in [3.05, 3.63) is 52.8 Å². The zero-order chi connectivity index (χ0) is 19.8. The van der Waals surface area contributed by atoms with Gasteiger partial charge in [0.05, 0.1) is 11.6 Å². The first-order valence-corrected chi connectivity index (χ1v) is 9.36. The van der Waals surface area contributed by atoms with Gasteiger partial charge >= 0.3 is 0 Å². The molecule has 0 aliphatic heterocycles. The van der Waals surface area contributed by atoms with Crippen LogP contribution in [-0.2, 0) is 20.1 Å². The van der Waals surface area contributed by atoms with Crippen molar-refractivity contribution in [2.24, 2.45) is 12.0 Å². The van der Waals surface area contributed by atoms with Gasteiger partial charge in [0.2, 0.25) is 0 Å². The average molecular weight is 392 g/mol. The number of halogens is 1. The smallest absolute Gasteiger partial charge is 0.194 e. The molecule has 0 fully saturated rings. The van der Waals surface area contributed by atoms with Crippen LogP contribution in [0.5, 0.6) is 5.75 Å². The molecule has 0 bridgehead atoms. The summed E-state index contributed by atoms with van der Waals surface area (Å²) in [5.41, 5.74) is 2.27. The van der Waals surface area contributed by atoms with Crippen LogP contribution >= 0.6 is 11.6 Å². The number of nitrogens with one attached hydrogen (secondary N) is 1. The molecule has 1 aromatic heterocycles. The highest BCUT2D eigenvalue weighted by molar-refractivity contribution is 6.30. The second-order valence-corrected chi connectivity index (χ2v) is 7.25. The van der Waals surface area contributed by atoms with Gasteiger partial charge in [-0.05, 0) is 37.9 Å². The van der Waals surface area contributed by atoms with E-state index in [-0.39, 0.29) is 0 Å². The van der Waals surface area contributed by atoms with Crippen LogP contribution in [0.15, 0.2) is 41.5 Å². The van der Waals surface area contributed by atoms with E-state index in [2.05, 4.69) is 32.2 Å². The molecule has 0 saturated carbocycles. The standard InChI is InChI=1S/C20H30ClN5O/c1-22-20(26(5)15-18-12-17(21)14-25(18)4)23-13-16-7-6-8-19(11-16)27-10-9-24(2)3/h6-8,11-12,14H,9-10,13,15H2,1-5H3,(H,22,23). The fraction of sp³-hybridized carbons (Fsp3) is 0.450. The van der Waals surface area contributed by atoms with Gasteiger partial charge in [0.1, 0.15) is 12.4 Å². The van der Waals surface area contributed by atoms with E-state index in [4.69, 9.17) is 16.3 Å². The summed E-state index contributed by atoms with van der Waals surface area (Å²) in [7, 11) is 9.87. The van der Waals surface area contributed by atoms with Crippen molar-refractivity contribution in [3.8, 4) is 5.75 Å². The zero-order valence-corrected chi connectivity index (χ0v) is 17.6. The van der Waals surface area contributed by atoms with Gasteiger partial charge in [0.25, 0.3) is 0 Å². The van der Waals surface area contributed by atoms with Crippen molar-refractivity contribution in [2.75, 3.05) is 41.3 Å². The van der Waals surface area contributed by atoms with E-state index in [1.807, 2.05) is 57.2 Å². The number of hydrogen-bond donors (Lipinski definition) is 1. The van der Waals surface area contributed by atoms with E-state index in [1.54, 1.807) is 7.05 Å². The summed E-state index contributed by atoms with van der Waals surface area (Å²) in [5, 5.41) is 4.15. The molecule has 148 valence electrons. The maximum Gasteiger partial charge on any atom is 0.194 e. The normalized spacial score (nSPS) is 11.7. The number of aromatic nitrogens is 1. The summed E-state index contributed by atoms with van der Waals surface area (Å²) < 4.78 is 7.84. The lowest BCUT2D eigenvalue weighted by molar-refractivity contribution is 0.261. The molecule has 1 N–H and O–H groups in total. The van der Waals surface area contributed by atoms with Gasteiger partial charge in [0, 0.05) is 46.1 Å². The van der Waals surface area contributed by atoms with Crippen LogP contribution in [0.4, 0.5) is 0 Å². The van der Waals surface area contributed by atoms with Crippen molar-refractivity contribution < 1.29 is 4.74 Å². The average Bonchev–Trinajstić information content (AvgIpc) is 2.92. The Hall–Kier alpha value is -2.18. The SMILES string of the molecule is CN=C(NCc1cccc(OCCN(C)C)c1)N(C)Cc1cc(Cl)cn1C. The van der Waals surface area contributed by atoms with E-state index >= 15 is 0 Å². The van der Waals surface area contributed by atoms with Crippen LogP contribution in [0.2, 0.25) is 5.02 Å². The van der Waals surface area contributed by atoms with Gasteiger partial charge in [-0.1, -0.05) is 23.7 Å². The van der Waals surface area contributed by atoms with Crippen LogP contribution in [0, 0.1) is 0 Å². The van der Waals surface area contributed by atoms with Crippen molar-refractivity contribution >= 4 is 17.6 Å². The molecule has 2 aromatic rings. The number of hydrogen-bond acceptors (Lipinski definition) is 3. The van der Waals surface area contributed by atoms with Gasteiger partial charge in [-0.15, -0.1) is 0 Å². The van der Waals surface area contributed by atoms with Crippen LogP contribution in [0.25, 0.3) is 0 Å². The second kappa shape index (κ2) is 10.2. The van der Waals surface area contributed by atoms with Gasteiger partial charge < -0.3 is 24.4 Å². The molecule has 6 nitrogen and oxygen atoms in total. The first kappa shape index (κ1) is 21.1. The Morgan fingerprint density at radius 2 is 2.04 bits per heavy atom. The molecular weight excluding hydrogens is 362 g/mol. The third-order valence-corrected chi connectivity index (χ3v) is 4.41. The molecule has 0 aliphatic rings. The van der Waals surface area contributed by atoms with Gasteiger partial charge in [-0.3, -0.25) is 4.99 Å². The number of likely N-dealkylation sites (N-methyl/N-ethyl adjacent to an activating group) is 1. The zero-order valence-electron chi connectivity index (χ0n) is 16.9. The third kappa shape index (κ3) is 6.81. The fourth-order valence-electron chi connectivity index (χ4n) is 2.70. The minimum atomic E-state index is 0.674. The fourth-order valence-corrected chi connectivity index (χ4v) is 2.97. The number of aryl methyl sites for hydroxylation is 1. The molecule has 0 atom stereocenters. The molecule has 2 rings (SSSR count). The second-order valence-electron chi connectivity index (χ2n) is 6.82. The Kier molecular flexibility index (Phi) is 8.00.